The predicted molar refractivity (Wildman–Crippen MR) is 290 cm³/mol. The molecule has 10 aromatic rings. The molecule has 0 N–H and O–H groups in total. The average molecular weight is 909 g/mol. The lowest BCUT2D eigenvalue weighted by molar-refractivity contribution is 0.483. The Morgan fingerprint density at radius 3 is 1.94 bits per heavy atom. The minimum absolute atomic E-state index is 0.0291. The molecule has 0 amide bonds. The van der Waals surface area contributed by atoms with Crippen LogP contribution in [0.2, 0.25) is 0 Å². The van der Waals surface area contributed by atoms with E-state index in [2.05, 4.69) is 71.5 Å². The normalized spacial score (nSPS) is 15.3. The molecule has 0 unspecified atom stereocenters. The number of rotatable bonds is 8. The van der Waals surface area contributed by atoms with Gasteiger partial charge in [-0.25, -0.2) is 4.98 Å². The van der Waals surface area contributed by atoms with Crippen molar-refractivity contribution in [2.24, 2.45) is 0 Å². The fraction of sp³-hybridized carbons (Fsp3) is 0.172. The lowest BCUT2D eigenvalue weighted by Gasteiger charge is -2.28. The van der Waals surface area contributed by atoms with Gasteiger partial charge >= 0.3 is 0 Å². The predicted octanol–water partition coefficient (Wildman–Crippen LogP) is 17.4. The molecule has 0 aliphatic carbocycles. The van der Waals surface area contributed by atoms with Crippen LogP contribution in [0.5, 0.6) is 11.5 Å². The number of fused-ring (bicyclic) bond motifs is 4. The first-order valence-corrected chi connectivity index (χ1v) is 23.3. The van der Waals surface area contributed by atoms with Crippen LogP contribution >= 0.6 is 0 Å². The van der Waals surface area contributed by atoms with Crippen molar-refractivity contribution in [1.29, 1.82) is 0 Å². The van der Waals surface area contributed by atoms with Gasteiger partial charge in [0.15, 0.2) is 0 Å². The summed E-state index contributed by atoms with van der Waals surface area (Å²) in [5.41, 5.74) is 7.64. The first kappa shape index (κ1) is 33.6. The van der Waals surface area contributed by atoms with Gasteiger partial charge in [-0.05, 0) is 124 Å². The van der Waals surface area contributed by atoms with E-state index in [1.807, 2.05) is 99.8 Å². The third-order valence-corrected chi connectivity index (χ3v) is 13.1. The summed E-state index contributed by atoms with van der Waals surface area (Å²) in [6.45, 7) is 7.18. The Labute approximate surface area is 421 Å². The number of nitrogens with zero attached hydrogens (tertiary/aromatic N) is 4. The van der Waals surface area contributed by atoms with Crippen LogP contribution in [0.3, 0.4) is 0 Å². The highest BCUT2D eigenvalue weighted by atomic mass is 16.5. The molecule has 0 saturated carbocycles. The van der Waals surface area contributed by atoms with E-state index in [-0.39, 0.29) is 64.1 Å². The Hall–Kier alpha value is -7.89. The molecule has 8 aromatic carbocycles. The molecule has 5 heteroatoms. The van der Waals surface area contributed by atoms with E-state index in [9.17, 15) is 5.48 Å². The number of pyridine rings is 1. The van der Waals surface area contributed by atoms with E-state index in [0.717, 1.165) is 44.7 Å². The van der Waals surface area contributed by atoms with E-state index >= 15 is 0 Å². The van der Waals surface area contributed by atoms with Gasteiger partial charge in [0.2, 0.25) is 0 Å². The Kier molecular flexibility index (Phi) is 8.28. The molecule has 0 saturated heterocycles. The minimum Gasteiger partial charge on any atom is -0.457 e. The van der Waals surface area contributed by atoms with Gasteiger partial charge in [0, 0.05) is 54.1 Å². The molecule has 1 aliphatic rings. The summed E-state index contributed by atoms with van der Waals surface area (Å²) >= 11 is 0. The summed E-state index contributed by atoms with van der Waals surface area (Å²) in [6, 6.07) is 50.5. The van der Waals surface area contributed by atoms with Crippen molar-refractivity contribution >= 4 is 44.6 Å². The van der Waals surface area contributed by atoms with Gasteiger partial charge in [-0.15, -0.1) is 0 Å². The maximum atomic E-state index is 9.58. The number of hydrogen-bond donors (Lipinski definition) is 0. The molecule has 1 aliphatic heterocycles. The Bertz CT molecular complexity index is 4020. The molecule has 69 heavy (non-hydrogen) atoms. The molecular weight excluding hydrogens is 841 g/mol. The summed E-state index contributed by atoms with van der Waals surface area (Å²) in [6.07, 6.45) is 1.86. The molecule has 0 bridgehead atoms. The second kappa shape index (κ2) is 17.0. The van der Waals surface area contributed by atoms with Crippen LogP contribution < -0.4 is 14.5 Å². The Morgan fingerprint density at radius 2 is 1.16 bits per heavy atom. The summed E-state index contributed by atoms with van der Waals surface area (Å²) in [7, 11) is 0. The topological polar surface area (TPSA) is 33.5 Å². The molecule has 0 atom stereocenters. The minimum atomic E-state index is -2.68. The molecule has 340 valence electrons. The highest BCUT2D eigenvalue weighted by Gasteiger charge is 2.32. The second-order valence-corrected chi connectivity index (χ2v) is 19.8. The summed E-state index contributed by atoms with van der Waals surface area (Å²) in [5, 5.41) is 2.17. The first-order chi connectivity index (χ1) is 37.4. The molecule has 3 heterocycles. The van der Waals surface area contributed by atoms with Gasteiger partial charge in [-0.2, -0.15) is 0 Å². The number of aryl methyl sites for hydroxylation is 2. The number of para-hydroxylation sites is 4. The van der Waals surface area contributed by atoms with Crippen molar-refractivity contribution in [3.63, 3.8) is 0 Å². The van der Waals surface area contributed by atoms with Crippen molar-refractivity contribution in [3.8, 4) is 50.7 Å². The van der Waals surface area contributed by atoms with Gasteiger partial charge in [-0.1, -0.05) is 163 Å². The first-order valence-electron chi connectivity index (χ1n) is 28.3. The zero-order valence-electron chi connectivity index (χ0n) is 49.6. The maximum Gasteiger partial charge on any atom is 0.137 e. The second-order valence-electron chi connectivity index (χ2n) is 19.8. The molecule has 2 aromatic heterocycles. The Morgan fingerprint density at radius 1 is 0.507 bits per heavy atom. The van der Waals surface area contributed by atoms with E-state index in [0.29, 0.717) is 39.4 Å². The number of hydrogen-bond acceptors (Lipinski definition) is 4. The number of anilines is 4. The van der Waals surface area contributed by atoms with Crippen molar-refractivity contribution in [2.75, 3.05) is 16.5 Å². The fourth-order valence-electron chi connectivity index (χ4n) is 9.50. The molecule has 11 rings (SSSR count). The molecule has 0 spiro atoms. The van der Waals surface area contributed by atoms with Gasteiger partial charge in [0.05, 0.1) is 33.6 Å². The van der Waals surface area contributed by atoms with Gasteiger partial charge < -0.3 is 14.5 Å². The smallest absolute Gasteiger partial charge is 0.137 e. The standard InChI is InChI=1S/C64H58N4O/c1-42-17-9-10-20-51(42)52-33-29-45(37-43(52)2)54-23-16-22-53(44-27-30-46(31-28-44)63(3,4)5)62(54)67-41-66(58-25-13-14-26-59(58)67)48-18-15-19-49(39-48)69-50-32-34-56-55-21-11-12-24-57(55)68(60(56)40-50)61-38-47(35-36-65-61)64(6,7)8/h9-40H,41H2,1-8H3/i1D3,2D3,27D,28D,30D,31D. The monoisotopic (exact) mass is 909 g/mol. The van der Waals surface area contributed by atoms with Crippen LogP contribution in [-0.4, -0.2) is 16.2 Å². The SMILES string of the molecule is [2H]c1c([2H])c(C(C)(C)C)c([2H])c([2H])c1-c1cccc(-c2ccc(-c3ccccc3C([2H])([2H])[2H])c(C([2H])([2H])[2H])c2)c1N1CN(c2cccc(Oc3ccc4c5ccccc5n(-c5cc(C(C)(C)C)ccn5)c4c3)c2)c2ccccc21. The van der Waals surface area contributed by atoms with Crippen LogP contribution in [-0.2, 0) is 10.8 Å². The van der Waals surface area contributed by atoms with Crippen molar-refractivity contribution in [2.45, 2.75) is 66.1 Å². The van der Waals surface area contributed by atoms with E-state index in [1.165, 1.54) is 11.6 Å². The van der Waals surface area contributed by atoms with E-state index in [4.69, 9.17) is 17.9 Å². The summed E-state index contributed by atoms with van der Waals surface area (Å²) in [5.74, 6) is 2.03. The van der Waals surface area contributed by atoms with E-state index < -0.39 is 19.1 Å². The largest absolute Gasteiger partial charge is 0.457 e. The molecular formula is C64H58N4O. The van der Waals surface area contributed by atoms with Crippen molar-refractivity contribution in [3.05, 3.63) is 216 Å². The molecule has 0 fully saturated rings. The van der Waals surface area contributed by atoms with Crippen LogP contribution in [0.4, 0.5) is 22.7 Å². The van der Waals surface area contributed by atoms with Crippen LogP contribution in [0.15, 0.2) is 194 Å². The van der Waals surface area contributed by atoms with Crippen LogP contribution in [0.25, 0.3) is 61.0 Å². The fourth-order valence-corrected chi connectivity index (χ4v) is 9.50. The lowest BCUT2D eigenvalue weighted by atomic mass is 9.85. The highest BCUT2D eigenvalue weighted by molar-refractivity contribution is 6.09. The zero-order valence-corrected chi connectivity index (χ0v) is 39.6. The molecule has 0 radical (unpaired) electrons. The highest BCUT2D eigenvalue weighted by Crippen LogP contribution is 2.51. The van der Waals surface area contributed by atoms with Gasteiger partial charge in [-0.3, -0.25) is 4.57 Å². The van der Waals surface area contributed by atoms with Gasteiger partial charge in [0.25, 0.3) is 0 Å². The van der Waals surface area contributed by atoms with Gasteiger partial charge in [0.1, 0.15) is 24.0 Å². The third-order valence-electron chi connectivity index (χ3n) is 13.1. The maximum absolute atomic E-state index is 9.58. The van der Waals surface area contributed by atoms with Crippen molar-refractivity contribution in [1.82, 2.24) is 9.55 Å². The summed E-state index contributed by atoms with van der Waals surface area (Å²) < 4.78 is 98.2. The summed E-state index contributed by atoms with van der Waals surface area (Å²) in [4.78, 5) is 9.07. The Balaban J connectivity index is 1.05. The van der Waals surface area contributed by atoms with Crippen molar-refractivity contribution < 1.29 is 18.4 Å². The molecule has 5 nitrogen and oxygen atoms in total. The number of aromatic nitrogens is 2. The zero-order chi connectivity index (χ0) is 56.1. The quantitative estimate of drug-likeness (QED) is 0.152. The number of ether oxygens (including phenoxy) is 1. The average Bonchev–Trinajstić information content (AvgIpc) is 4.18. The number of benzene rings is 8. The lowest BCUT2D eigenvalue weighted by Crippen LogP contribution is -2.25. The van der Waals surface area contributed by atoms with E-state index in [1.54, 1.807) is 48.5 Å². The van der Waals surface area contributed by atoms with Crippen LogP contribution in [0.1, 0.15) is 77.5 Å². The van der Waals surface area contributed by atoms with Crippen LogP contribution in [0, 0.1) is 13.7 Å². The third kappa shape index (κ3) is 8.02.